The molecule has 0 aliphatic carbocycles. The van der Waals surface area contributed by atoms with E-state index in [2.05, 4.69) is 20.7 Å². The van der Waals surface area contributed by atoms with Gasteiger partial charge in [-0.15, -0.1) is 5.10 Å². The smallest absolute Gasteiger partial charge is 0.325 e. The number of H-pyrrole nitrogens is 1. The first-order valence-electron chi connectivity index (χ1n) is 5.78. The van der Waals surface area contributed by atoms with E-state index in [0.717, 1.165) is 0 Å². The zero-order valence-corrected chi connectivity index (χ0v) is 11.4. The first-order valence-corrected chi connectivity index (χ1v) is 5.78. The lowest BCUT2D eigenvalue weighted by atomic mass is 9.97. The molecule has 0 aromatic carbocycles. The van der Waals surface area contributed by atoms with Crippen LogP contribution in [-0.2, 0) is 20.9 Å². The average molecular weight is 270 g/mol. The van der Waals surface area contributed by atoms with Gasteiger partial charge in [-0.1, -0.05) is 0 Å². The summed E-state index contributed by atoms with van der Waals surface area (Å²) in [6, 6.07) is -0.817. The quantitative estimate of drug-likeness (QED) is 0.676. The minimum atomic E-state index is -1.01. The van der Waals surface area contributed by atoms with Crippen molar-refractivity contribution in [3.05, 3.63) is 5.69 Å². The number of aromatic nitrogens is 3. The molecule has 0 aliphatic rings. The maximum Gasteiger partial charge on any atom is 0.325 e. The zero-order valence-electron chi connectivity index (χ0n) is 11.4. The predicted molar refractivity (Wildman–Crippen MR) is 66.4 cm³/mol. The molecular formula is C11H18N4O4. The fourth-order valence-electron chi connectivity index (χ4n) is 1.09. The van der Waals surface area contributed by atoms with Crippen LogP contribution in [0.5, 0.6) is 0 Å². The molecule has 1 atom stereocenters. The highest BCUT2D eigenvalue weighted by atomic mass is 16.5. The fraction of sp³-hybridized carbons (Fsp3) is 0.636. The second-order valence-corrected chi connectivity index (χ2v) is 5.15. The molecule has 8 nitrogen and oxygen atoms in total. The van der Waals surface area contributed by atoms with Gasteiger partial charge in [0.15, 0.2) is 5.82 Å². The molecule has 0 spiro atoms. The lowest BCUT2D eigenvalue weighted by molar-refractivity contribution is -0.154. The summed E-state index contributed by atoms with van der Waals surface area (Å²) in [6.07, 6.45) is 0. The van der Waals surface area contributed by atoms with Gasteiger partial charge < -0.3 is 15.2 Å². The number of aliphatic carboxylic acids is 1. The number of carbonyl (C=O) groups excluding carboxylic acids is 1. The highest BCUT2D eigenvalue weighted by Crippen LogP contribution is 2.17. The number of anilines is 1. The van der Waals surface area contributed by atoms with Crippen molar-refractivity contribution in [3.8, 4) is 0 Å². The second kappa shape index (κ2) is 5.68. The van der Waals surface area contributed by atoms with Crippen LogP contribution in [0.2, 0.25) is 0 Å². The van der Waals surface area contributed by atoms with Crippen LogP contribution in [0.3, 0.4) is 0 Å². The summed E-state index contributed by atoms with van der Waals surface area (Å²) in [5, 5.41) is 21.4. The van der Waals surface area contributed by atoms with Crippen molar-refractivity contribution in [1.29, 1.82) is 0 Å². The van der Waals surface area contributed by atoms with E-state index in [1.54, 1.807) is 20.8 Å². The molecule has 1 rings (SSSR count). The molecule has 1 heterocycles. The minimum Gasteiger partial charge on any atom is -0.480 e. The van der Waals surface area contributed by atoms with Crippen molar-refractivity contribution < 1.29 is 19.4 Å². The number of aromatic amines is 1. The van der Waals surface area contributed by atoms with Gasteiger partial charge >= 0.3 is 11.9 Å². The number of rotatable bonds is 5. The van der Waals surface area contributed by atoms with Gasteiger partial charge in [-0.25, -0.2) is 0 Å². The standard InChI is InChI=1S/C11H18N4O4/c1-6(9(16)17)12-8-7(13-15-14-8)5-19-10(18)11(2,3)4/h6H,5H2,1-4H3,(H,16,17)(H2,12,13,14,15)/t6-/m0/s1. The van der Waals surface area contributed by atoms with E-state index in [4.69, 9.17) is 9.84 Å². The fourth-order valence-corrected chi connectivity index (χ4v) is 1.09. The molecule has 0 bridgehead atoms. The second-order valence-electron chi connectivity index (χ2n) is 5.15. The van der Waals surface area contributed by atoms with Gasteiger partial charge in [0.25, 0.3) is 0 Å². The van der Waals surface area contributed by atoms with Crippen molar-refractivity contribution in [1.82, 2.24) is 15.4 Å². The number of carbonyl (C=O) groups is 2. The number of nitrogens with zero attached hydrogens (tertiary/aromatic N) is 2. The summed E-state index contributed by atoms with van der Waals surface area (Å²) in [6.45, 7) is 6.63. The zero-order chi connectivity index (χ0) is 14.6. The largest absolute Gasteiger partial charge is 0.480 e. The van der Waals surface area contributed by atoms with E-state index in [-0.39, 0.29) is 18.4 Å². The van der Waals surface area contributed by atoms with Gasteiger partial charge in [-0.05, 0) is 27.7 Å². The molecule has 3 N–H and O–H groups in total. The molecule has 106 valence electrons. The molecule has 1 aromatic heterocycles. The SMILES string of the molecule is C[C@H](Nc1n[nH]nc1COC(=O)C(C)(C)C)C(=O)O. The third-order valence-corrected chi connectivity index (χ3v) is 2.30. The van der Waals surface area contributed by atoms with Gasteiger partial charge in [-0.2, -0.15) is 10.3 Å². The normalized spacial score (nSPS) is 12.8. The van der Waals surface area contributed by atoms with E-state index in [1.165, 1.54) is 6.92 Å². The van der Waals surface area contributed by atoms with E-state index >= 15 is 0 Å². The first kappa shape index (κ1) is 14.9. The molecule has 0 amide bonds. The summed E-state index contributed by atoms with van der Waals surface area (Å²) in [7, 11) is 0. The molecule has 1 aromatic rings. The Kier molecular flexibility index (Phi) is 4.47. The maximum atomic E-state index is 11.6. The number of ether oxygens (including phenoxy) is 1. The van der Waals surface area contributed by atoms with E-state index in [1.807, 2.05) is 0 Å². The Hall–Kier alpha value is -2.12. The monoisotopic (exact) mass is 270 g/mol. The average Bonchev–Trinajstić information content (AvgIpc) is 2.71. The number of carboxylic acid groups (broad SMARTS) is 1. The topological polar surface area (TPSA) is 117 Å². The summed E-state index contributed by atoms with van der Waals surface area (Å²) >= 11 is 0. The van der Waals surface area contributed by atoms with Gasteiger partial charge in [0.2, 0.25) is 0 Å². The van der Waals surface area contributed by atoms with Gasteiger partial charge in [0, 0.05) is 0 Å². The van der Waals surface area contributed by atoms with Crippen LogP contribution in [0.1, 0.15) is 33.4 Å². The highest BCUT2D eigenvalue weighted by molar-refractivity contribution is 5.77. The molecule has 19 heavy (non-hydrogen) atoms. The Morgan fingerprint density at radius 3 is 2.58 bits per heavy atom. The molecule has 8 heteroatoms. The first-order chi connectivity index (χ1) is 8.71. The van der Waals surface area contributed by atoms with Crippen molar-refractivity contribution in [2.75, 3.05) is 5.32 Å². The van der Waals surface area contributed by atoms with Crippen molar-refractivity contribution >= 4 is 17.8 Å². The lowest BCUT2D eigenvalue weighted by Gasteiger charge is -2.16. The van der Waals surface area contributed by atoms with E-state index in [0.29, 0.717) is 5.69 Å². The molecule has 0 saturated carbocycles. The van der Waals surface area contributed by atoms with Crippen LogP contribution in [0.25, 0.3) is 0 Å². The van der Waals surface area contributed by atoms with Crippen LogP contribution in [0.15, 0.2) is 0 Å². The number of esters is 1. The van der Waals surface area contributed by atoms with Crippen LogP contribution in [0.4, 0.5) is 5.82 Å². The van der Waals surface area contributed by atoms with Gasteiger partial charge in [-0.3, -0.25) is 9.59 Å². The van der Waals surface area contributed by atoms with Crippen molar-refractivity contribution in [3.63, 3.8) is 0 Å². The van der Waals surface area contributed by atoms with Gasteiger partial charge in [0.1, 0.15) is 18.3 Å². The third kappa shape index (κ3) is 4.23. The van der Waals surface area contributed by atoms with Crippen molar-refractivity contribution in [2.24, 2.45) is 5.41 Å². The number of nitrogens with one attached hydrogen (secondary N) is 2. The lowest BCUT2D eigenvalue weighted by Crippen LogP contribution is -2.26. The van der Waals surface area contributed by atoms with Crippen LogP contribution < -0.4 is 5.32 Å². The molecule has 0 radical (unpaired) electrons. The molecule has 0 aliphatic heterocycles. The third-order valence-electron chi connectivity index (χ3n) is 2.30. The number of carboxylic acids is 1. The Labute approximate surface area is 110 Å². The number of hydrogen-bond acceptors (Lipinski definition) is 6. The van der Waals surface area contributed by atoms with Crippen molar-refractivity contribution in [2.45, 2.75) is 40.3 Å². The molecule has 0 saturated heterocycles. The Morgan fingerprint density at radius 2 is 2.05 bits per heavy atom. The van der Waals surface area contributed by atoms with Gasteiger partial charge in [0.05, 0.1) is 5.41 Å². The maximum absolute atomic E-state index is 11.6. The highest BCUT2D eigenvalue weighted by Gasteiger charge is 2.24. The predicted octanol–water partition coefficient (Wildman–Crippen LogP) is 0.779. The Balaban J connectivity index is 2.63. The van der Waals surface area contributed by atoms with Crippen LogP contribution in [-0.4, -0.2) is 38.5 Å². The van der Waals surface area contributed by atoms with Crippen LogP contribution >= 0.6 is 0 Å². The van der Waals surface area contributed by atoms with Crippen LogP contribution in [0, 0.1) is 5.41 Å². The van der Waals surface area contributed by atoms with E-state index in [9.17, 15) is 9.59 Å². The Bertz CT molecular complexity index is 464. The molecule has 0 fully saturated rings. The van der Waals surface area contributed by atoms with E-state index < -0.39 is 17.4 Å². The summed E-state index contributed by atoms with van der Waals surface area (Å²) in [5.74, 6) is -1.12. The summed E-state index contributed by atoms with van der Waals surface area (Å²) in [4.78, 5) is 22.3. The minimum absolute atomic E-state index is 0.0682. The Morgan fingerprint density at radius 1 is 1.42 bits per heavy atom. The molecule has 0 unspecified atom stereocenters. The summed E-state index contributed by atoms with van der Waals surface area (Å²) < 4.78 is 5.08. The number of hydrogen-bond donors (Lipinski definition) is 3. The molecular weight excluding hydrogens is 252 g/mol. The summed E-state index contributed by atoms with van der Waals surface area (Å²) in [5.41, 5.74) is -0.253.